The fourth-order valence-electron chi connectivity index (χ4n) is 1.62. The zero-order valence-electron chi connectivity index (χ0n) is 9.50. The predicted octanol–water partition coefficient (Wildman–Crippen LogP) is 3.89. The minimum Gasteiger partial charge on any atom is -0.381 e. The minimum absolute atomic E-state index is 0.241. The number of benzene rings is 2. The number of aryl methyl sites for hydroxylation is 1. The Labute approximate surface area is 99.1 Å². The molecule has 1 N–H and O–H groups in total. The van der Waals surface area contributed by atoms with Gasteiger partial charge in [-0.1, -0.05) is 12.1 Å². The molecule has 0 fully saturated rings. The average molecular weight is 233 g/mol. The SMILES string of the molecule is Cc1cc(F)ccc1NCc1ccc(F)cc1. The van der Waals surface area contributed by atoms with Crippen LogP contribution in [0.2, 0.25) is 0 Å². The van der Waals surface area contributed by atoms with Crippen LogP contribution in [0.4, 0.5) is 14.5 Å². The summed E-state index contributed by atoms with van der Waals surface area (Å²) >= 11 is 0. The molecule has 2 aromatic carbocycles. The van der Waals surface area contributed by atoms with Gasteiger partial charge in [-0.25, -0.2) is 8.78 Å². The molecule has 0 saturated carbocycles. The lowest BCUT2D eigenvalue weighted by Gasteiger charge is -2.09. The van der Waals surface area contributed by atoms with Crippen molar-refractivity contribution < 1.29 is 8.78 Å². The maximum atomic E-state index is 12.9. The molecule has 1 nitrogen and oxygen atoms in total. The van der Waals surface area contributed by atoms with Crippen molar-refractivity contribution in [2.75, 3.05) is 5.32 Å². The molecule has 0 radical (unpaired) electrons. The van der Waals surface area contributed by atoms with E-state index in [-0.39, 0.29) is 11.6 Å². The van der Waals surface area contributed by atoms with Gasteiger partial charge in [0.15, 0.2) is 0 Å². The summed E-state index contributed by atoms with van der Waals surface area (Å²) in [5, 5.41) is 3.19. The van der Waals surface area contributed by atoms with Gasteiger partial charge in [0.25, 0.3) is 0 Å². The van der Waals surface area contributed by atoms with E-state index >= 15 is 0 Å². The minimum atomic E-state index is -0.244. The fraction of sp³-hybridized carbons (Fsp3) is 0.143. The predicted molar refractivity (Wildman–Crippen MR) is 64.9 cm³/mol. The molecule has 0 aliphatic heterocycles. The molecular weight excluding hydrogens is 220 g/mol. The lowest BCUT2D eigenvalue weighted by molar-refractivity contribution is 0.626. The van der Waals surface area contributed by atoms with Gasteiger partial charge in [-0.2, -0.15) is 0 Å². The molecular formula is C14H13F2N. The first kappa shape index (κ1) is 11.6. The lowest BCUT2D eigenvalue weighted by atomic mass is 10.1. The Hall–Kier alpha value is -1.90. The first-order chi connectivity index (χ1) is 8.15. The van der Waals surface area contributed by atoms with E-state index in [1.165, 1.54) is 24.3 Å². The molecule has 0 unspecified atom stereocenters. The van der Waals surface area contributed by atoms with Gasteiger partial charge in [0.2, 0.25) is 0 Å². The molecule has 0 aliphatic rings. The Bertz CT molecular complexity index is 506. The highest BCUT2D eigenvalue weighted by molar-refractivity contribution is 5.50. The highest BCUT2D eigenvalue weighted by atomic mass is 19.1. The van der Waals surface area contributed by atoms with Gasteiger partial charge in [0.05, 0.1) is 0 Å². The second kappa shape index (κ2) is 4.95. The maximum Gasteiger partial charge on any atom is 0.123 e. The van der Waals surface area contributed by atoms with E-state index in [0.717, 1.165) is 16.8 Å². The molecule has 0 spiro atoms. The van der Waals surface area contributed by atoms with Crippen LogP contribution in [0.15, 0.2) is 42.5 Å². The Kier molecular flexibility index (Phi) is 3.38. The highest BCUT2D eigenvalue weighted by Crippen LogP contribution is 2.16. The summed E-state index contributed by atoms with van der Waals surface area (Å²) in [6.07, 6.45) is 0. The molecule has 2 aromatic rings. The summed E-state index contributed by atoms with van der Waals surface area (Å²) in [6.45, 7) is 2.43. The van der Waals surface area contributed by atoms with E-state index in [2.05, 4.69) is 5.32 Å². The second-order valence-corrected chi connectivity index (χ2v) is 3.94. The molecule has 0 aliphatic carbocycles. The van der Waals surface area contributed by atoms with Crippen LogP contribution in [0.1, 0.15) is 11.1 Å². The van der Waals surface area contributed by atoms with Crippen molar-refractivity contribution in [1.29, 1.82) is 0 Å². The highest BCUT2D eigenvalue weighted by Gasteiger charge is 2.00. The Balaban J connectivity index is 2.04. The summed E-state index contributed by atoms with van der Waals surface area (Å²) < 4.78 is 25.6. The van der Waals surface area contributed by atoms with Crippen molar-refractivity contribution in [3.8, 4) is 0 Å². The zero-order chi connectivity index (χ0) is 12.3. The molecule has 0 heterocycles. The van der Waals surface area contributed by atoms with Crippen molar-refractivity contribution in [2.45, 2.75) is 13.5 Å². The van der Waals surface area contributed by atoms with E-state index in [0.29, 0.717) is 6.54 Å². The van der Waals surface area contributed by atoms with E-state index < -0.39 is 0 Å². The van der Waals surface area contributed by atoms with Crippen molar-refractivity contribution in [3.63, 3.8) is 0 Å². The molecule has 0 bridgehead atoms. The molecule has 2 rings (SSSR count). The molecule has 3 heteroatoms. The zero-order valence-corrected chi connectivity index (χ0v) is 9.50. The van der Waals surface area contributed by atoms with Gasteiger partial charge in [0, 0.05) is 12.2 Å². The second-order valence-electron chi connectivity index (χ2n) is 3.94. The number of hydrogen-bond acceptors (Lipinski definition) is 1. The van der Waals surface area contributed by atoms with Crippen molar-refractivity contribution >= 4 is 5.69 Å². The lowest BCUT2D eigenvalue weighted by Crippen LogP contribution is -2.01. The average Bonchev–Trinajstić information content (AvgIpc) is 2.30. The molecule has 0 aromatic heterocycles. The van der Waals surface area contributed by atoms with Gasteiger partial charge >= 0.3 is 0 Å². The van der Waals surface area contributed by atoms with Crippen LogP contribution in [0.5, 0.6) is 0 Å². The Morgan fingerprint density at radius 3 is 2.24 bits per heavy atom. The van der Waals surface area contributed by atoms with Crippen molar-refractivity contribution in [2.24, 2.45) is 0 Å². The van der Waals surface area contributed by atoms with Crippen LogP contribution in [-0.2, 0) is 6.54 Å². The van der Waals surface area contributed by atoms with Crippen LogP contribution in [0, 0.1) is 18.6 Å². The van der Waals surface area contributed by atoms with E-state index in [1.807, 2.05) is 6.92 Å². The number of nitrogens with one attached hydrogen (secondary N) is 1. The summed E-state index contributed by atoms with van der Waals surface area (Å²) in [5.41, 5.74) is 2.72. The first-order valence-corrected chi connectivity index (χ1v) is 5.39. The van der Waals surface area contributed by atoms with Gasteiger partial charge in [-0.05, 0) is 48.4 Å². The van der Waals surface area contributed by atoms with Gasteiger partial charge in [-0.15, -0.1) is 0 Å². The Morgan fingerprint density at radius 2 is 1.59 bits per heavy atom. The van der Waals surface area contributed by atoms with Crippen molar-refractivity contribution in [1.82, 2.24) is 0 Å². The van der Waals surface area contributed by atoms with Crippen LogP contribution in [0.3, 0.4) is 0 Å². The summed E-state index contributed by atoms with van der Waals surface area (Å²) in [7, 11) is 0. The monoisotopic (exact) mass is 233 g/mol. The fourth-order valence-corrected chi connectivity index (χ4v) is 1.62. The smallest absolute Gasteiger partial charge is 0.123 e. The third-order valence-corrected chi connectivity index (χ3v) is 2.58. The summed E-state index contributed by atoms with van der Waals surface area (Å²) in [4.78, 5) is 0. The van der Waals surface area contributed by atoms with E-state index in [9.17, 15) is 8.78 Å². The van der Waals surface area contributed by atoms with Crippen LogP contribution in [0.25, 0.3) is 0 Å². The summed E-state index contributed by atoms with van der Waals surface area (Å²) in [6, 6.07) is 10.9. The number of rotatable bonds is 3. The third kappa shape index (κ3) is 3.03. The van der Waals surface area contributed by atoms with E-state index in [4.69, 9.17) is 0 Å². The van der Waals surface area contributed by atoms with E-state index in [1.54, 1.807) is 18.2 Å². The first-order valence-electron chi connectivity index (χ1n) is 5.39. The molecule has 0 atom stereocenters. The number of anilines is 1. The van der Waals surface area contributed by atoms with Crippen LogP contribution < -0.4 is 5.32 Å². The Morgan fingerprint density at radius 1 is 0.941 bits per heavy atom. The normalized spacial score (nSPS) is 10.3. The molecule has 17 heavy (non-hydrogen) atoms. The van der Waals surface area contributed by atoms with Gasteiger partial charge < -0.3 is 5.32 Å². The van der Waals surface area contributed by atoms with Crippen molar-refractivity contribution in [3.05, 3.63) is 65.2 Å². The molecule has 88 valence electrons. The third-order valence-electron chi connectivity index (χ3n) is 2.58. The topological polar surface area (TPSA) is 12.0 Å². The van der Waals surface area contributed by atoms with Crippen LogP contribution in [-0.4, -0.2) is 0 Å². The number of halogens is 2. The van der Waals surface area contributed by atoms with Gasteiger partial charge in [-0.3, -0.25) is 0 Å². The number of hydrogen-bond donors (Lipinski definition) is 1. The standard InChI is InChI=1S/C14H13F2N/c1-10-8-13(16)6-7-14(10)17-9-11-2-4-12(15)5-3-11/h2-8,17H,9H2,1H3. The molecule has 0 saturated heterocycles. The largest absolute Gasteiger partial charge is 0.381 e. The van der Waals surface area contributed by atoms with Crippen LogP contribution >= 0.6 is 0 Å². The quantitative estimate of drug-likeness (QED) is 0.848. The summed E-state index contributed by atoms with van der Waals surface area (Å²) in [5.74, 6) is -0.485. The maximum absolute atomic E-state index is 12.9. The van der Waals surface area contributed by atoms with Gasteiger partial charge in [0.1, 0.15) is 11.6 Å². The molecule has 0 amide bonds.